The molecule has 6 N–H and O–H groups in total. The van der Waals surface area contributed by atoms with Crippen LogP contribution in [0, 0.1) is 23.5 Å². The second-order valence-electron chi connectivity index (χ2n) is 12.1. The van der Waals surface area contributed by atoms with E-state index in [-0.39, 0.29) is 45.9 Å². The molecule has 0 saturated carbocycles. The van der Waals surface area contributed by atoms with Crippen LogP contribution in [-0.4, -0.2) is 46.0 Å². The summed E-state index contributed by atoms with van der Waals surface area (Å²) in [5.74, 6) is -1.55. The number of aromatic amines is 1. The summed E-state index contributed by atoms with van der Waals surface area (Å²) in [7, 11) is 0. The number of hydrogen-bond donors (Lipinski definition) is 5. The SMILES string of the molecule is CCC(C)[C@H](NCCc1ccc(F)cc1)C(=O)N[C@]1(C(=O)NC(C(N)=S)[C@@H](C)CC)CCc2[nH]c3c(Cl)cc(F)cc3c2C1. The molecule has 2 aromatic carbocycles. The number of carbonyl (C=O) groups is 2. The molecule has 1 aromatic heterocycles. The van der Waals surface area contributed by atoms with E-state index in [0.717, 1.165) is 29.7 Å². The fraction of sp³-hybridized carbons (Fsp3) is 0.485. The lowest BCUT2D eigenvalue weighted by Gasteiger charge is -2.40. The number of benzene rings is 2. The number of thiocarbonyl (C=S) groups is 1. The van der Waals surface area contributed by atoms with Crippen molar-refractivity contribution in [2.75, 3.05) is 6.54 Å². The topological polar surface area (TPSA) is 112 Å². The highest BCUT2D eigenvalue weighted by Gasteiger charge is 2.46. The largest absolute Gasteiger partial charge is 0.392 e. The van der Waals surface area contributed by atoms with Gasteiger partial charge in [-0.3, -0.25) is 9.59 Å². The lowest BCUT2D eigenvalue weighted by Crippen LogP contribution is -2.66. The van der Waals surface area contributed by atoms with Gasteiger partial charge in [-0.15, -0.1) is 0 Å². The molecule has 0 aliphatic heterocycles. The predicted molar refractivity (Wildman–Crippen MR) is 176 cm³/mol. The first kappa shape index (κ1) is 33.8. The van der Waals surface area contributed by atoms with Gasteiger partial charge in [-0.25, -0.2) is 8.78 Å². The van der Waals surface area contributed by atoms with Gasteiger partial charge in [-0.05, 0) is 73.0 Å². The van der Waals surface area contributed by atoms with Crippen LogP contribution in [-0.2, 0) is 28.9 Å². The molecule has 44 heavy (non-hydrogen) atoms. The average molecular weight is 646 g/mol. The van der Waals surface area contributed by atoms with Crippen LogP contribution in [0.5, 0.6) is 0 Å². The molecule has 0 radical (unpaired) electrons. The highest BCUT2D eigenvalue weighted by atomic mass is 35.5. The first-order valence-electron chi connectivity index (χ1n) is 15.3. The van der Waals surface area contributed by atoms with Gasteiger partial charge in [0.05, 0.1) is 27.6 Å². The zero-order chi connectivity index (χ0) is 32.2. The van der Waals surface area contributed by atoms with Crippen LogP contribution in [0.15, 0.2) is 36.4 Å². The van der Waals surface area contributed by atoms with Gasteiger partial charge in [-0.2, -0.15) is 0 Å². The molecular weight excluding hydrogens is 604 g/mol. The zero-order valence-corrected chi connectivity index (χ0v) is 27.2. The van der Waals surface area contributed by atoms with E-state index >= 15 is 0 Å². The molecule has 0 bridgehead atoms. The van der Waals surface area contributed by atoms with E-state index in [4.69, 9.17) is 29.6 Å². The number of H-pyrrole nitrogens is 1. The van der Waals surface area contributed by atoms with Crippen LogP contribution in [0.3, 0.4) is 0 Å². The highest BCUT2D eigenvalue weighted by molar-refractivity contribution is 7.80. The van der Waals surface area contributed by atoms with Gasteiger partial charge in [0.1, 0.15) is 17.2 Å². The van der Waals surface area contributed by atoms with Crippen molar-refractivity contribution in [1.82, 2.24) is 20.9 Å². The summed E-state index contributed by atoms with van der Waals surface area (Å²) in [6.07, 6.45) is 2.93. The van der Waals surface area contributed by atoms with Crippen molar-refractivity contribution in [1.29, 1.82) is 0 Å². The summed E-state index contributed by atoms with van der Waals surface area (Å²) in [6, 6.07) is 7.77. The lowest BCUT2D eigenvalue weighted by atomic mass is 9.78. The lowest BCUT2D eigenvalue weighted by molar-refractivity contribution is -0.136. The Morgan fingerprint density at radius 2 is 1.73 bits per heavy atom. The van der Waals surface area contributed by atoms with Crippen molar-refractivity contribution in [3.63, 3.8) is 0 Å². The molecule has 0 fully saturated rings. The standard InChI is InChI=1S/C33H42ClF2N5O2S/c1-5-18(3)27(30(37)44)40-32(43)33(13-11-26-24(17-33)23-15-22(36)16-25(34)29(23)39-26)41-31(42)28(19(4)6-2)38-14-12-20-7-9-21(35)10-8-20/h7-10,15-16,18-19,27-28,38-39H,5-6,11-14,17H2,1-4H3,(H2,37,44)(H,40,43)(H,41,42)/t18-,19?,27?,28-,33+/m0/s1. The number of aromatic nitrogens is 1. The minimum atomic E-state index is -1.35. The summed E-state index contributed by atoms with van der Waals surface area (Å²) in [5.41, 5.74) is 7.84. The van der Waals surface area contributed by atoms with Crippen LogP contribution in [0.1, 0.15) is 63.8 Å². The molecule has 0 saturated heterocycles. The number of fused-ring (bicyclic) bond motifs is 3. The summed E-state index contributed by atoms with van der Waals surface area (Å²) in [5, 5.41) is 10.4. The number of nitrogens with two attached hydrogens (primary N) is 1. The molecule has 5 atom stereocenters. The highest BCUT2D eigenvalue weighted by Crippen LogP contribution is 2.37. The van der Waals surface area contributed by atoms with Gasteiger partial charge in [0, 0.05) is 17.5 Å². The Hall–Kier alpha value is -3.08. The monoisotopic (exact) mass is 645 g/mol. The maximum atomic E-state index is 14.5. The minimum absolute atomic E-state index is 0.0228. The Labute approximate surface area is 268 Å². The third-order valence-corrected chi connectivity index (χ3v) is 9.64. The Bertz CT molecular complexity index is 1510. The van der Waals surface area contributed by atoms with Gasteiger partial charge in [0.25, 0.3) is 0 Å². The second kappa shape index (κ2) is 14.3. The number of amides is 2. The molecule has 2 unspecified atom stereocenters. The molecule has 11 heteroatoms. The smallest absolute Gasteiger partial charge is 0.246 e. The number of nitrogens with one attached hydrogen (secondary N) is 4. The fourth-order valence-electron chi connectivity index (χ4n) is 5.96. The van der Waals surface area contributed by atoms with Crippen molar-refractivity contribution in [3.05, 3.63) is 69.9 Å². The van der Waals surface area contributed by atoms with E-state index in [1.165, 1.54) is 24.3 Å². The number of hydrogen-bond acceptors (Lipinski definition) is 4. The fourth-order valence-corrected chi connectivity index (χ4v) is 6.51. The molecular formula is C33H42ClF2N5O2S. The zero-order valence-electron chi connectivity index (χ0n) is 25.7. The number of aryl methyl sites for hydroxylation is 1. The van der Waals surface area contributed by atoms with Crippen LogP contribution in [0.25, 0.3) is 10.9 Å². The third kappa shape index (κ3) is 7.41. The number of carbonyl (C=O) groups excluding carboxylic acids is 2. The van der Waals surface area contributed by atoms with Gasteiger partial charge in [-0.1, -0.05) is 76.5 Å². The Morgan fingerprint density at radius 3 is 2.36 bits per heavy atom. The van der Waals surface area contributed by atoms with Gasteiger partial charge < -0.3 is 26.7 Å². The Kier molecular flexibility index (Phi) is 11.0. The molecule has 3 aromatic rings. The molecule has 7 nitrogen and oxygen atoms in total. The summed E-state index contributed by atoms with van der Waals surface area (Å²) < 4.78 is 27.8. The average Bonchev–Trinajstić information content (AvgIpc) is 3.35. The maximum Gasteiger partial charge on any atom is 0.246 e. The molecule has 2 amide bonds. The van der Waals surface area contributed by atoms with E-state index in [9.17, 15) is 18.4 Å². The van der Waals surface area contributed by atoms with Crippen LogP contribution >= 0.6 is 23.8 Å². The van der Waals surface area contributed by atoms with Crippen LogP contribution in [0.4, 0.5) is 8.78 Å². The van der Waals surface area contributed by atoms with Gasteiger partial charge >= 0.3 is 0 Å². The molecule has 1 aliphatic carbocycles. The summed E-state index contributed by atoms with van der Waals surface area (Å²) in [6.45, 7) is 8.42. The predicted octanol–water partition coefficient (Wildman–Crippen LogP) is 5.51. The Balaban J connectivity index is 1.66. The molecule has 1 aliphatic rings. The van der Waals surface area contributed by atoms with Gasteiger partial charge in [0.2, 0.25) is 11.8 Å². The molecule has 0 spiro atoms. The Morgan fingerprint density at radius 1 is 1.07 bits per heavy atom. The molecule has 4 rings (SSSR count). The van der Waals surface area contributed by atoms with Crippen molar-refractivity contribution < 1.29 is 18.4 Å². The first-order chi connectivity index (χ1) is 20.9. The van der Waals surface area contributed by atoms with Crippen LogP contribution < -0.4 is 21.7 Å². The van der Waals surface area contributed by atoms with E-state index in [1.807, 2.05) is 27.7 Å². The third-order valence-electron chi connectivity index (χ3n) is 9.09. The first-order valence-corrected chi connectivity index (χ1v) is 16.1. The second-order valence-corrected chi connectivity index (χ2v) is 13.0. The minimum Gasteiger partial charge on any atom is -0.392 e. The van der Waals surface area contributed by atoms with Crippen molar-refractivity contribution in [2.45, 2.75) is 83.8 Å². The normalized spacial score (nSPS) is 19.1. The van der Waals surface area contributed by atoms with Gasteiger partial charge in [0.15, 0.2) is 0 Å². The quantitative estimate of drug-likeness (QED) is 0.158. The molecule has 238 valence electrons. The maximum absolute atomic E-state index is 14.5. The molecule has 1 heterocycles. The van der Waals surface area contributed by atoms with E-state index in [1.54, 1.807) is 12.1 Å². The summed E-state index contributed by atoms with van der Waals surface area (Å²) in [4.78, 5) is 31.9. The summed E-state index contributed by atoms with van der Waals surface area (Å²) >= 11 is 11.7. The number of halogens is 3. The van der Waals surface area contributed by atoms with E-state index in [0.29, 0.717) is 36.7 Å². The van der Waals surface area contributed by atoms with Crippen LogP contribution in [0.2, 0.25) is 5.02 Å². The van der Waals surface area contributed by atoms with Crippen molar-refractivity contribution in [3.8, 4) is 0 Å². The number of rotatable bonds is 13. The van der Waals surface area contributed by atoms with Crippen molar-refractivity contribution in [2.24, 2.45) is 17.6 Å². The van der Waals surface area contributed by atoms with E-state index < -0.39 is 23.4 Å². The van der Waals surface area contributed by atoms with E-state index in [2.05, 4.69) is 20.9 Å². The van der Waals surface area contributed by atoms with Crippen molar-refractivity contribution >= 4 is 51.5 Å².